The molecule has 1 aromatic heterocycles. The number of anilines is 1. The number of benzene rings is 1. The molecule has 0 bridgehead atoms. The highest BCUT2D eigenvalue weighted by Crippen LogP contribution is 2.17. The van der Waals surface area contributed by atoms with Crippen molar-refractivity contribution in [3.63, 3.8) is 0 Å². The van der Waals surface area contributed by atoms with Gasteiger partial charge in [0, 0.05) is 19.2 Å². The molecule has 0 saturated carbocycles. The molecule has 1 aromatic carbocycles. The quantitative estimate of drug-likeness (QED) is 0.890. The van der Waals surface area contributed by atoms with Crippen LogP contribution >= 0.6 is 0 Å². The third-order valence-corrected chi connectivity index (χ3v) is 3.71. The number of aromatic nitrogens is 2. The third kappa shape index (κ3) is 3.77. The minimum absolute atomic E-state index is 0.248. The first-order chi connectivity index (χ1) is 10.9. The zero-order valence-electron chi connectivity index (χ0n) is 13.9. The first kappa shape index (κ1) is 16.7. The molecule has 2 amide bonds. The van der Waals surface area contributed by atoms with Gasteiger partial charge in [0.2, 0.25) is 0 Å². The summed E-state index contributed by atoms with van der Waals surface area (Å²) < 4.78 is 1.46. The first-order valence-electron chi connectivity index (χ1n) is 7.62. The second kappa shape index (κ2) is 7.09. The molecule has 6 heteroatoms. The van der Waals surface area contributed by atoms with E-state index in [4.69, 9.17) is 0 Å². The van der Waals surface area contributed by atoms with Crippen LogP contribution < -0.4 is 10.6 Å². The zero-order chi connectivity index (χ0) is 17.0. The van der Waals surface area contributed by atoms with Crippen LogP contribution in [0.1, 0.15) is 45.3 Å². The summed E-state index contributed by atoms with van der Waals surface area (Å²) in [6.07, 6.45) is 2.33. The summed E-state index contributed by atoms with van der Waals surface area (Å²) in [7, 11) is 1.67. The Kier molecular flexibility index (Phi) is 5.16. The van der Waals surface area contributed by atoms with E-state index in [1.165, 1.54) is 10.9 Å². The Morgan fingerprint density at radius 1 is 1.17 bits per heavy atom. The average molecular weight is 314 g/mol. The van der Waals surface area contributed by atoms with Crippen LogP contribution in [0.4, 0.5) is 5.69 Å². The molecule has 0 unspecified atom stereocenters. The van der Waals surface area contributed by atoms with Crippen LogP contribution in [0.15, 0.2) is 24.4 Å². The maximum absolute atomic E-state index is 12.4. The number of amides is 2. The molecule has 0 atom stereocenters. The van der Waals surface area contributed by atoms with Crippen LogP contribution in [-0.4, -0.2) is 28.1 Å². The zero-order valence-corrected chi connectivity index (χ0v) is 13.9. The van der Waals surface area contributed by atoms with Crippen molar-refractivity contribution in [1.82, 2.24) is 15.1 Å². The smallest absolute Gasteiger partial charge is 0.271 e. The summed E-state index contributed by atoms with van der Waals surface area (Å²) in [6.45, 7) is 6.51. The van der Waals surface area contributed by atoms with Crippen LogP contribution in [0.3, 0.4) is 0 Å². The molecular formula is C17H22N4O2. The Bertz CT molecular complexity index is 734. The van der Waals surface area contributed by atoms with Crippen molar-refractivity contribution in [2.75, 3.05) is 11.9 Å². The van der Waals surface area contributed by atoms with Gasteiger partial charge in [-0.25, -0.2) is 0 Å². The largest absolute Gasteiger partial charge is 0.351 e. The lowest BCUT2D eigenvalue weighted by Gasteiger charge is -2.09. The monoisotopic (exact) mass is 314 g/mol. The molecule has 6 nitrogen and oxygen atoms in total. The normalized spacial score (nSPS) is 10.4. The van der Waals surface area contributed by atoms with Crippen molar-refractivity contribution in [1.29, 1.82) is 0 Å². The van der Waals surface area contributed by atoms with Crippen LogP contribution in [0, 0.1) is 13.8 Å². The minimum atomic E-state index is -0.259. The van der Waals surface area contributed by atoms with Gasteiger partial charge in [0.25, 0.3) is 11.8 Å². The van der Waals surface area contributed by atoms with Gasteiger partial charge in [-0.05, 0) is 43.5 Å². The molecule has 23 heavy (non-hydrogen) atoms. The van der Waals surface area contributed by atoms with Crippen molar-refractivity contribution >= 4 is 17.5 Å². The molecule has 0 fully saturated rings. The highest BCUT2D eigenvalue weighted by Gasteiger charge is 2.19. The van der Waals surface area contributed by atoms with E-state index >= 15 is 0 Å². The summed E-state index contributed by atoms with van der Waals surface area (Å²) in [5.41, 5.74) is 3.48. The number of carbonyl (C=O) groups excluding carboxylic acids is 2. The molecule has 0 aliphatic carbocycles. The predicted octanol–water partition coefficient (Wildman–Crippen LogP) is 2.43. The predicted molar refractivity (Wildman–Crippen MR) is 89.7 cm³/mol. The van der Waals surface area contributed by atoms with E-state index in [1.807, 2.05) is 32.9 Å². The van der Waals surface area contributed by atoms with Crippen molar-refractivity contribution in [3.8, 4) is 0 Å². The SMILES string of the molecule is CCCNC(=O)c1c(NC(=O)c2ccc(C)c(C)c2)cnn1C. The number of rotatable bonds is 5. The lowest BCUT2D eigenvalue weighted by Crippen LogP contribution is -2.27. The highest BCUT2D eigenvalue weighted by molar-refractivity contribution is 6.08. The molecule has 0 spiro atoms. The van der Waals surface area contributed by atoms with Gasteiger partial charge in [0.15, 0.2) is 0 Å². The summed E-state index contributed by atoms with van der Waals surface area (Å²) >= 11 is 0. The summed E-state index contributed by atoms with van der Waals surface area (Å²) in [5.74, 6) is -0.507. The lowest BCUT2D eigenvalue weighted by atomic mass is 10.1. The number of hydrogen-bond acceptors (Lipinski definition) is 3. The van der Waals surface area contributed by atoms with E-state index in [-0.39, 0.29) is 11.8 Å². The fourth-order valence-corrected chi connectivity index (χ4v) is 2.20. The first-order valence-corrected chi connectivity index (χ1v) is 7.62. The average Bonchev–Trinajstić information content (AvgIpc) is 2.88. The van der Waals surface area contributed by atoms with Crippen molar-refractivity contribution < 1.29 is 9.59 Å². The number of carbonyl (C=O) groups is 2. The molecule has 122 valence electrons. The summed E-state index contributed by atoms with van der Waals surface area (Å²) in [5, 5.41) is 9.63. The van der Waals surface area contributed by atoms with Crippen molar-refractivity contribution in [2.45, 2.75) is 27.2 Å². The Labute approximate surface area is 135 Å². The number of nitrogens with one attached hydrogen (secondary N) is 2. The highest BCUT2D eigenvalue weighted by atomic mass is 16.2. The van der Waals surface area contributed by atoms with Gasteiger partial charge < -0.3 is 10.6 Å². The molecule has 0 aliphatic rings. The molecule has 2 rings (SSSR count). The van der Waals surface area contributed by atoms with E-state index in [2.05, 4.69) is 15.7 Å². The Balaban J connectivity index is 2.21. The summed E-state index contributed by atoms with van der Waals surface area (Å²) in [4.78, 5) is 24.6. The second-order valence-electron chi connectivity index (χ2n) is 5.54. The van der Waals surface area contributed by atoms with Gasteiger partial charge in [-0.3, -0.25) is 14.3 Å². The van der Waals surface area contributed by atoms with Gasteiger partial charge in [0.1, 0.15) is 5.69 Å². The molecule has 0 aliphatic heterocycles. The molecule has 0 saturated heterocycles. The maximum Gasteiger partial charge on any atom is 0.271 e. The van der Waals surface area contributed by atoms with Crippen LogP contribution in [0.2, 0.25) is 0 Å². The van der Waals surface area contributed by atoms with Crippen molar-refractivity contribution in [3.05, 3.63) is 46.8 Å². The summed E-state index contributed by atoms with van der Waals surface area (Å²) in [6, 6.07) is 5.51. The maximum atomic E-state index is 12.4. The molecule has 0 radical (unpaired) electrons. The molecule has 2 aromatic rings. The van der Waals surface area contributed by atoms with Gasteiger partial charge in [0.05, 0.1) is 11.9 Å². The van der Waals surface area contributed by atoms with Gasteiger partial charge in [-0.1, -0.05) is 13.0 Å². The van der Waals surface area contributed by atoms with Crippen LogP contribution in [0.5, 0.6) is 0 Å². The van der Waals surface area contributed by atoms with E-state index < -0.39 is 0 Å². The molecule has 2 N–H and O–H groups in total. The van der Waals surface area contributed by atoms with E-state index in [1.54, 1.807) is 13.1 Å². The number of nitrogens with zero attached hydrogens (tertiary/aromatic N) is 2. The lowest BCUT2D eigenvalue weighted by molar-refractivity contribution is 0.0945. The van der Waals surface area contributed by atoms with Gasteiger partial charge >= 0.3 is 0 Å². The Hall–Kier alpha value is -2.63. The number of aryl methyl sites for hydroxylation is 3. The third-order valence-electron chi connectivity index (χ3n) is 3.71. The van der Waals surface area contributed by atoms with Crippen molar-refractivity contribution in [2.24, 2.45) is 7.05 Å². The van der Waals surface area contributed by atoms with E-state index in [0.717, 1.165) is 17.5 Å². The number of hydrogen-bond donors (Lipinski definition) is 2. The van der Waals surface area contributed by atoms with Crippen LogP contribution in [-0.2, 0) is 7.05 Å². The van der Waals surface area contributed by atoms with Gasteiger partial charge in [-0.15, -0.1) is 0 Å². The standard InChI is InChI=1S/C17H22N4O2/c1-5-8-18-17(23)15-14(10-19-21(15)4)20-16(22)13-7-6-11(2)12(3)9-13/h6-7,9-10H,5,8H2,1-4H3,(H,18,23)(H,20,22). The second-order valence-corrected chi connectivity index (χ2v) is 5.54. The fourth-order valence-electron chi connectivity index (χ4n) is 2.20. The van der Waals surface area contributed by atoms with Gasteiger partial charge in [-0.2, -0.15) is 5.10 Å². The Morgan fingerprint density at radius 2 is 1.91 bits per heavy atom. The fraction of sp³-hybridized carbons (Fsp3) is 0.353. The van der Waals surface area contributed by atoms with E-state index in [0.29, 0.717) is 23.5 Å². The molecule has 1 heterocycles. The molecular weight excluding hydrogens is 292 g/mol. The topological polar surface area (TPSA) is 76.0 Å². The van der Waals surface area contributed by atoms with Crippen LogP contribution in [0.25, 0.3) is 0 Å². The Morgan fingerprint density at radius 3 is 2.57 bits per heavy atom. The minimum Gasteiger partial charge on any atom is -0.351 e. The van der Waals surface area contributed by atoms with E-state index in [9.17, 15) is 9.59 Å².